The lowest BCUT2D eigenvalue weighted by Crippen LogP contribution is -1.87. The lowest BCUT2D eigenvalue weighted by Gasteiger charge is -2.03. The summed E-state index contributed by atoms with van der Waals surface area (Å²) in [6.45, 7) is 4.29. The van der Waals surface area contributed by atoms with Gasteiger partial charge in [0.1, 0.15) is 0 Å². The van der Waals surface area contributed by atoms with Crippen LogP contribution in [0.4, 0.5) is 0 Å². The van der Waals surface area contributed by atoms with Gasteiger partial charge in [0.05, 0.1) is 4.58 Å². The fraction of sp³-hybridized carbons (Fsp3) is 0.800. The lowest BCUT2D eigenvalue weighted by molar-refractivity contribution is 0.651. The maximum Gasteiger partial charge on any atom is 0.0786 e. The van der Waals surface area contributed by atoms with Gasteiger partial charge in [-0.2, -0.15) is 25.3 Å². The zero-order chi connectivity index (χ0) is 5.86. The van der Waals surface area contributed by atoms with Crippen LogP contribution in [0.1, 0.15) is 20.3 Å². The molecule has 1 radical (unpaired) electrons. The van der Waals surface area contributed by atoms with E-state index in [9.17, 15) is 0 Å². The van der Waals surface area contributed by atoms with Crippen molar-refractivity contribution in [2.75, 3.05) is 0 Å². The number of hydrogen-bond acceptors (Lipinski definition) is 2. The highest BCUT2D eigenvalue weighted by molar-refractivity contribution is 8.03. The summed E-state index contributed by atoms with van der Waals surface area (Å²) in [5.74, 6) is 0.685. The van der Waals surface area contributed by atoms with Gasteiger partial charge in [0.25, 0.3) is 0 Å². The Bertz CT molecular complexity index is 35.3. The molecule has 0 aliphatic heterocycles. The molecule has 0 rings (SSSR count). The Balaban J connectivity index is 2.95. The molecule has 0 aliphatic rings. The van der Waals surface area contributed by atoms with Gasteiger partial charge in [0, 0.05) is 0 Å². The Hall–Kier alpha value is 0.700. The van der Waals surface area contributed by atoms with Crippen molar-refractivity contribution in [3.8, 4) is 0 Å². The van der Waals surface area contributed by atoms with Crippen LogP contribution in [-0.4, -0.2) is 0 Å². The summed E-state index contributed by atoms with van der Waals surface area (Å²) >= 11 is 8.04. The van der Waals surface area contributed by atoms with E-state index in [4.69, 9.17) is 0 Å². The van der Waals surface area contributed by atoms with E-state index in [2.05, 4.69) is 39.1 Å². The molecule has 0 aromatic heterocycles. The van der Waals surface area contributed by atoms with Gasteiger partial charge in [-0.1, -0.05) is 13.8 Å². The molecule has 0 saturated heterocycles. The highest BCUT2D eigenvalue weighted by Gasteiger charge is 1.98. The molecular weight excluding hydrogens is 124 g/mol. The van der Waals surface area contributed by atoms with E-state index in [0.29, 0.717) is 5.92 Å². The predicted octanol–water partition coefficient (Wildman–Crippen LogP) is 2.38. The molecule has 0 heterocycles. The van der Waals surface area contributed by atoms with Gasteiger partial charge < -0.3 is 0 Å². The van der Waals surface area contributed by atoms with Crippen molar-refractivity contribution in [2.24, 2.45) is 5.92 Å². The summed E-state index contributed by atoms with van der Waals surface area (Å²) in [7, 11) is 0. The molecule has 43 valence electrons. The summed E-state index contributed by atoms with van der Waals surface area (Å²) in [5.41, 5.74) is 0. The van der Waals surface area contributed by atoms with Crippen LogP contribution in [0.5, 0.6) is 0 Å². The van der Waals surface area contributed by atoms with E-state index in [-0.39, 0.29) is 0 Å². The van der Waals surface area contributed by atoms with Gasteiger partial charge in [0.15, 0.2) is 0 Å². The molecule has 0 atom stereocenters. The minimum absolute atomic E-state index is 0.685. The van der Waals surface area contributed by atoms with E-state index < -0.39 is 0 Å². The smallest absolute Gasteiger partial charge is 0.0786 e. The second-order valence-corrected chi connectivity index (χ2v) is 3.45. The maximum atomic E-state index is 4.02. The molecule has 0 aromatic rings. The topological polar surface area (TPSA) is 0 Å². The highest BCUT2D eigenvalue weighted by atomic mass is 32.2. The third-order valence-electron chi connectivity index (χ3n) is 0.591. The molecule has 0 spiro atoms. The van der Waals surface area contributed by atoms with Gasteiger partial charge >= 0.3 is 0 Å². The van der Waals surface area contributed by atoms with Crippen LogP contribution in [0.3, 0.4) is 0 Å². The molecule has 7 heavy (non-hydrogen) atoms. The number of rotatable bonds is 2. The zero-order valence-corrected chi connectivity index (χ0v) is 6.47. The monoisotopic (exact) mass is 135 g/mol. The van der Waals surface area contributed by atoms with E-state index in [1.165, 1.54) is 0 Å². The minimum atomic E-state index is 0.685. The Morgan fingerprint density at radius 1 is 1.43 bits per heavy atom. The minimum Gasteiger partial charge on any atom is -0.159 e. The third-order valence-corrected chi connectivity index (χ3v) is 0.956. The molecule has 0 aliphatic carbocycles. The van der Waals surface area contributed by atoms with Gasteiger partial charge in [-0.3, -0.25) is 0 Å². The average molecular weight is 135 g/mol. The van der Waals surface area contributed by atoms with E-state index in [1.54, 1.807) is 0 Å². The first kappa shape index (κ1) is 7.70. The van der Waals surface area contributed by atoms with Crippen molar-refractivity contribution < 1.29 is 0 Å². The average Bonchev–Trinajstić information content (AvgIpc) is 1.27. The summed E-state index contributed by atoms with van der Waals surface area (Å²) in [4.78, 5) is 0. The summed E-state index contributed by atoms with van der Waals surface area (Å²) < 4.78 is 0.926. The van der Waals surface area contributed by atoms with Crippen molar-refractivity contribution in [3.63, 3.8) is 0 Å². The summed E-state index contributed by atoms with van der Waals surface area (Å²) in [6.07, 6.45) is 1.01. The van der Waals surface area contributed by atoms with Crippen molar-refractivity contribution in [1.29, 1.82) is 0 Å². The molecule has 0 amide bonds. The first-order valence-corrected chi connectivity index (χ1v) is 3.26. The largest absolute Gasteiger partial charge is 0.159 e. The highest BCUT2D eigenvalue weighted by Crippen LogP contribution is 2.20. The number of thiol groups is 2. The number of hydrogen-bond donors (Lipinski definition) is 2. The van der Waals surface area contributed by atoms with Gasteiger partial charge in [-0.25, -0.2) is 0 Å². The van der Waals surface area contributed by atoms with Crippen LogP contribution >= 0.6 is 25.3 Å². The third kappa shape index (κ3) is 6.70. The van der Waals surface area contributed by atoms with E-state index in [0.717, 1.165) is 11.0 Å². The van der Waals surface area contributed by atoms with Crippen LogP contribution in [0.15, 0.2) is 0 Å². The molecular formula is C5H11S2. The van der Waals surface area contributed by atoms with Crippen molar-refractivity contribution >= 4 is 25.3 Å². The maximum absolute atomic E-state index is 4.02. The van der Waals surface area contributed by atoms with Crippen LogP contribution in [0.25, 0.3) is 0 Å². The van der Waals surface area contributed by atoms with Crippen molar-refractivity contribution in [1.82, 2.24) is 0 Å². The zero-order valence-electron chi connectivity index (χ0n) is 4.68. The molecule has 0 unspecified atom stereocenters. The lowest BCUT2D eigenvalue weighted by atomic mass is 10.2. The summed E-state index contributed by atoms with van der Waals surface area (Å²) in [5, 5.41) is 0. The second-order valence-electron chi connectivity index (χ2n) is 2.01. The van der Waals surface area contributed by atoms with Crippen LogP contribution in [-0.2, 0) is 0 Å². The first-order valence-electron chi connectivity index (χ1n) is 2.36. The van der Waals surface area contributed by atoms with Crippen LogP contribution in [0.2, 0.25) is 0 Å². The van der Waals surface area contributed by atoms with Crippen LogP contribution < -0.4 is 0 Å². The Morgan fingerprint density at radius 3 is 1.86 bits per heavy atom. The van der Waals surface area contributed by atoms with Gasteiger partial charge in [-0.05, 0) is 12.3 Å². The molecule has 0 nitrogen and oxygen atoms in total. The first-order chi connectivity index (χ1) is 3.13. The van der Waals surface area contributed by atoms with Crippen molar-refractivity contribution in [2.45, 2.75) is 20.3 Å². The Labute approximate surface area is 56.5 Å². The SMILES string of the molecule is CC(C)C[C](S)S. The summed E-state index contributed by atoms with van der Waals surface area (Å²) in [6, 6.07) is 0. The fourth-order valence-electron chi connectivity index (χ4n) is 0.365. The molecule has 0 aromatic carbocycles. The molecule has 2 heteroatoms. The van der Waals surface area contributed by atoms with Gasteiger partial charge in [0.2, 0.25) is 0 Å². The van der Waals surface area contributed by atoms with Gasteiger partial charge in [-0.15, -0.1) is 0 Å². The van der Waals surface area contributed by atoms with E-state index >= 15 is 0 Å². The molecule has 0 bridgehead atoms. The normalized spacial score (nSPS) is 11.1. The fourth-order valence-corrected chi connectivity index (χ4v) is 1.10. The standard InChI is InChI=1S/C5H11S2/c1-4(2)3-5(6)7/h4,6-7H,3H2,1-2H3. The molecule has 0 fully saturated rings. The second kappa shape index (κ2) is 3.67. The predicted molar refractivity (Wildman–Crippen MR) is 40.7 cm³/mol. The Kier molecular flexibility index (Phi) is 4.04. The quantitative estimate of drug-likeness (QED) is 0.534. The van der Waals surface area contributed by atoms with Crippen LogP contribution in [0, 0.1) is 10.5 Å². The van der Waals surface area contributed by atoms with E-state index in [1.807, 2.05) is 0 Å². The van der Waals surface area contributed by atoms with Crippen molar-refractivity contribution in [3.05, 3.63) is 4.58 Å². The molecule has 0 N–H and O–H groups in total. The molecule has 0 saturated carbocycles. The Morgan fingerprint density at radius 2 is 1.86 bits per heavy atom.